The van der Waals surface area contributed by atoms with Crippen molar-refractivity contribution in [3.63, 3.8) is 0 Å². The van der Waals surface area contributed by atoms with E-state index in [1.54, 1.807) is 0 Å². The lowest BCUT2D eigenvalue weighted by Crippen LogP contribution is -2.10. The zero-order chi connectivity index (χ0) is 10.6. The van der Waals surface area contributed by atoms with E-state index in [1.165, 1.54) is 16.8 Å². The summed E-state index contributed by atoms with van der Waals surface area (Å²) in [6.07, 6.45) is 2.23. The highest BCUT2D eigenvalue weighted by molar-refractivity contribution is 5.75. The van der Waals surface area contributed by atoms with E-state index >= 15 is 0 Å². The van der Waals surface area contributed by atoms with Gasteiger partial charge >= 0.3 is 0 Å². The molecule has 14 heavy (non-hydrogen) atoms. The predicted octanol–water partition coefficient (Wildman–Crippen LogP) is 3.57. The van der Waals surface area contributed by atoms with Crippen LogP contribution in [0.2, 0.25) is 0 Å². The lowest BCUT2D eigenvalue weighted by molar-refractivity contribution is 0.973. The van der Waals surface area contributed by atoms with Crippen molar-refractivity contribution in [1.82, 2.24) is 0 Å². The minimum absolute atomic E-state index is 1.07. The maximum absolute atomic E-state index is 4.13. The first-order valence-electron chi connectivity index (χ1n) is 5.11. The number of hydrogen-bond donors (Lipinski definition) is 0. The molecule has 0 aliphatic rings. The van der Waals surface area contributed by atoms with Gasteiger partial charge in [0.25, 0.3) is 0 Å². The first-order chi connectivity index (χ1) is 6.66. The fourth-order valence-corrected chi connectivity index (χ4v) is 1.60. The van der Waals surface area contributed by atoms with Gasteiger partial charge in [-0.15, -0.1) is 0 Å². The summed E-state index contributed by atoms with van der Waals surface area (Å²) in [5, 5.41) is 0. The molecule has 0 N–H and O–H groups in total. The summed E-state index contributed by atoms with van der Waals surface area (Å²) in [5.41, 5.74) is 3.77. The van der Waals surface area contributed by atoms with Crippen LogP contribution in [-0.4, -0.2) is 14.1 Å². The molecule has 0 saturated carbocycles. The maximum Gasteiger partial charge on any atom is 0.0437 e. The Labute approximate surface area is 87.1 Å². The van der Waals surface area contributed by atoms with Gasteiger partial charge in [0, 0.05) is 25.3 Å². The largest absolute Gasteiger partial charge is 0.377 e. The number of para-hydroxylation sites is 1. The van der Waals surface area contributed by atoms with Crippen LogP contribution in [0.25, 0.3) is 5.57 Å². The molecule has 0 spiro atoms. The van der Waals surface area contributed by atoms with Gasteiger partial charge < -0.3 is 4.90 Å². The topological polar surface area (TPSA) is 3.24 Å². The van der Waals surface area contributed by atoms with Gasteiger partial charge in [0.15, 0.2) is 0 Å². The summed E-state index contributed by atoms with van der Waals surface area (Å²) in [6, 6.07) is 8.42. The summed E-state index contributed by atoms with van der Waals surface area (Å²) in [4.78, 5) is 2.14. The van der Waals surface area contributed by atoms with E-state index < -0.39 is 0 Å². The van der Waals surface area contributed by atoms with Crippen molar-refractivity contribution in [2.75, 3.05) is 19.0 Å². The van der Waals surface area contributed by atoms with Gasteiger partial charge in [-0.05, 0) is 18.1 Å². The second-order valence-electron chi connectivity index (χ2n) is 3.77. The first-order valence-corrected chi connectivity index (χ1v) is 5.11. The molecule has 0 aromatic heterocycles. The molecule has 0 saturated heterocycles. The number of anilines is 1. The van der Waals surface area contributed by atoms with Gasteiger partial charge in [-0.3, -0.25) is 0 Å². The number of nitrogens with zero attached hydrogens (tertiary/aromatic N) is 1. The zero-order valence-electron chi connectivity index (χ0n) is 9.38. The fourth-order valence-electron chi connectivity index (χ4n) is 1.60. The molecular formula is C13H19N. The molecule has 0 heterocycles. The average molecular weight is 189 g/mol. The normalized spacial score (nSPS) is 9.93. The molecular weight excluding hydrogens is 170 g/mol. The Morgan fingerprint density at radius 1 is 1.29 bits per heavy atom. The third-order valence-electron chi connectivity index (χ3n) is 2.32. The van der Waals surface area contributed by atoms with Crippen molar-refractivity contribution < 1.29 is 0 Å². The molecule has 0 fully saturated rings. The van der Waals surface area contributed by atoms with Crippen LogP contribution < -0.4 is 4.90 Å². The third-order valence-corrected chi connectivity index (χ3v) is 2.32. The van der Waals surface area contributed by atoms with Crippen molar-refractivity contribution in [2.45, 2.75) is 19.8 Å². The smallest absolute Gasteiger partial charge is 0.0437 e. The van der Waals surface area contributed by atoms with E-state index in [0.29, 0.717) is 0 Å². The van der Waals surface area contributed by atoms with E-state index in [-0.39, 0.29) is 0 Å². The number of benzene rings is 1. The van der Waals surface area contributed by atoms with Crippen molar-refractivity contribution in [2.24, 2.45) is 0 Å². The molecule has 0 aliphatic carbocycles. The molecule has 1 nitrogen and oxygen atoms in total. The quantitative estimate of drug-likeness (QED) is 0.700. The molecule has 0 aliphatic heterocycles. The minimum atomic E-state index is 1.07. The molecule has 0 bridgehead atoms. The van der Waals surface area contributed by atoms with Gasteiger partial charge in [0.1, 0.15) is 0 Å². The van der Waals surface area contributed by atoms with E-state index in [2.05, 4.69) is 56.8 Å². The van der Waals surface area contributed by atoms with Crippen LogP contribution in [0.3, 0.4) is 0 Å². The molecule has 0 amide bonds. The third kappa shape index (κ3) is 2.38. The summed E-state index contributed by atoms with van der Waals surface area (Å²) in [7, 11) is 4.14. The molecule has 1 heteroatoms. The van der Waals surface area contributed by atoms with Gasteiger partial charge in [-0.25, -0.2) is 0 Å². The molecule has 0 atom stereocenters. The van der Waals surface area contributed by atoms with Gasteiger partial charge in [0.2, 0.25) is 0 Å². The maximum atomic E-state index is 4.13. The van der Waals surface area contributed by atoms with Crippen LogP contribution in [0.15, 0.2) is 30.8 Å². The van der Waals surface area contributed by atoms with Crippen molar-refractivity contribution >= 4 is 11.3 Å². The zero-order valence-corrected chi connectivity index (χ0v) is 9.38. The average Bonchev–Trinajstić information content (AvgIpc) is 2.18. The predicted molar refractivity (Wildman–Crippen MR) is 64.7 cm³/mol. The van der Waals surface area contributed by atoms with E-state index in [4.69, 9.17) is 0 Å². The highest BCUT2D eigenvalue weighted by Crippen LogP contribution is 2.27. The summed E-state index contributed by atoms with van der Waals surface area (Å²) < 4.78 is 0. The summed E-state index contributed by atoms with van der Waals surface area (Å²) in [6.45, 7) is 6.32. The molecule has 1 aromatic rings. The Kier molecular flexibility index (Phi) is 3.75. The van der Waals surface area contributed by atoms with Crippen molar-refractivity contribution in [3.05, 3.63) is 36.4 Å². The number of rotatable bonds is 4. The Bertz CT molecular complexity index is 313. The van der Waals surface area contributed by atoms with Gasteiger partial charge in [-0.2, -0.15) is 0 Å². The van der Waals surface area contributed by atoms with Gasteiger partial charge in [-0.1, -0.05) is 38.1 Å². The second-order valence-corrected chi connectivity index (χ2v) is 3.77. The Morgan fingerprint density at radius 2 is 1.93 bits per heavy atom. The highest BCUT2D eigenvalue weighted by Gasteiger charge is 2.05. The van der Waals surface area contributed by atoms with Crippen LogP contribution in [-0.2, 0) is 0 Å². The Morgan fingerprint density at radius 3 is 2.50 bits per heavy atom. The summed E-state index contributed by atoms with van der Waals surface area (Å²) in [5.74, 6) is 0. The van der Waals surface area contributed by atoms with E-state index in [1.807, 2.05) is 0 Å². The molecule has 0 unspecified atom stereocenters. The van der Waals surface area contributed by atoms with E-state index in [9.17, 15) is 0 Å². The molecule has 1 aromatic carbocycles. The van der Waals surface area contributed by atoms with Crippen molar-refractivity contribution in [3.8, 4) is 0 Å². The minimum Gasteiger partial charge on any atom is -0.377 e. The van der Waals surface area contributed by atoms with Gasteiger partial charge in [0.05, 0.1) is 0 Å². The fraction of sp³-hybridized carbons (Fsp3) is 0.385. The molecule has 76 valence electrons. The lowest BCUT2D eigenvalue weighted by atomic mass is 10.0. The Hall–Kier alpha value is -1.24. The highest BCUT2D eigenvalue weighted by atomic mass is 15.1. The second kappa shape index (κ2) is 4.85. The van der Waals surface area contributed by atoms with E-state index in [0.717, 1.165) is 12.8 Å². The van der Waals surface area contributed by atoms with Crippen LogP contribution in [0.1, 0.15) is 25.3 Å². The molecule has 1 rings (SSSR count). The number of hydrogen-bond acceptors (Lipinski definition) is 1. The Balaban J connectivity index is 3.00. The number of allylic oxidation sites excluding steroid dienone is 1. The van der Waals surface area contributed by atoms with Crippen molar-refractivity contribution in [1.29, 1.82) is 0 Å². The van der Waals surface area contributed by atoms with Crippen LogP contribution >= 0.6 is 0 Å². The molecule has 0 radical (unpaired) electrons. The lowest BCUT2D eigenvalue weighted by Gasteiger charge is -2.18. The van der Waals surface area contributed by atoms with Crippen LogP contribution in [0.5, 0.6) is 0 Å². The SMILES string of the molecule is C=C(CCC)c1ccccc1N(C)C. The van der Waals surface area contributed by atoms with Crippen LogP contribution in [0.4, 0.5) is 5.69 Å². The standard InChI is InChI=1S/C13H19N/c1-5-8-11(2)12-9-6-7-10-13(12)14(3)4/h6-7,9-10H,2,5,8H2,1,3-4H3. The van der Waals surface area contributed by atoms with Crippen LogP contribution in [0, 0.1) is 0 Å². The summed E-state index contributed by atoms with van der Waals surface area (Å²) >= 11 is 0. The monoisotopic (exact) mass is 189 g/mol. The first kappa shape index (κ1) is 10.8.